The molecule has 2 heterocycles. The van der Waals surface area contributed by atoms with Crippen molar-refractivity contribution in [1.82, 2.24) is 4.90 Å². The first-order chi connectivity index (χ1) is 18.3. The zero-order valence-electron chi connectivity index (χ0n) is 22.8. The summed E-state index contributed by atoms with van der Waals surface area (Å²) in [5, 5.41) is 10.4. The standard InChI is InChI=1S/C29H41N3O6.CH4/c1-5-6-7-8-20-9-11-21(12-10-20)24-14-13-22(28(31-4)38-24)16-32(18-33)26-15-23(34)25(37-26)17-36-29(35)27(30)19(2)3;/h9-12,14,16,18-19,23,25-27,34H,5-8,13,15,17,30H2,1-4H3;1H4/b22-16-,31-28?;. The van der Waals surface area contributed by atoms with Gasteiger partial charge < -0.3 is 25.1 Å². The van der Waals surface area contributed by atoms with Crippen molar-refractivity contribution in [2.24, 2.45) is 16.6 Å². The first kappa shape index (κ1) is 32.2. The molecule has 3 N–H and O–H groups in total. The van der Waals surface area contributed by atoms with E-state index in [1.54, 1.807) is 13.2 Å². The van der Waals surface area contributed by atoms with Gasteiger partial charge in [-0.25, -0.2) is 0 Å². The lowest BCUT2D eigenvalue weighted by Crippen LogP contribution is -2.39. The molecule has 0 bridgehead atoms. The van der Waals surface area contributed by atoms with Crippen LogP contribution in [0.2, 0.25) is 0 Å². The van der Waals surface area contributed by atoms with E-state index >= 15 is 0 Å². The molecule has 1 amide bonds. The van der Waals surface area contributed by atoms with E-state index in [4.69, 9.17) is 19.9 Å². The van der Waals surface area contributed by atoms with E-state index < -0.39 is 30.4 Å². The molecule has 1 aromatic rings. The van der Waals surface area contributed by atoms with Crippen LogP contribution in [-0.4, -0.2) is 66.4 Å². The van der Waals surface area contributed by atoms with Gasteiger partial charge in [0.15, 0.2) is 0 Å². The maximum Gasteiger partial charge on any atom is 0.323 e. The molecular weight excluding hydrogens is 498 g/mol. The van der Waals surface area contributed by atoms with E-state index in [1.807, 2.05) is 19.9 Å². The Kier molecular flexibility index (Phi) is 12.8. The van der Waals surface area contributed by atoms with Gasteiger partial charge >= 0.3 is 5.97 Å². The van der Waals surface area contributed by atoms with E-state index in [0.29, 0.717) is 24.3 Å². The Hall–Kier alpha value is -3.01. The van der Waals surface area contributed by atoms with Crippen LogP contribution in [0.4, 0.5) is 0 Å². The number of allylic oxidation sites excluding steroid dienone is 1. The number of amides is 1. The Bertz CT molecular complexity index is 1030. The summed E-state index contributed by atoms with van der Waals surface area (Å²) in [7, 11) is 1.64. The lowest BCUT2D eigenvalue weighted by Gasteiger charge is -2.25. The first-order valence-corrected chi connectivity index (χ1v) is 13.4. The predicted octanol–water partition coefficient (Wildman–Crippen LogP) is 4.19. The number of esters is 1. The van der Waals surface area contributed by atoms with Crippen molar-refractivity contribution in [2.75, 3.05) is 13.7 Å². The maximum absolute atomic E-state index is 12.1. The molecule has 2 aliphatic heterocycles. The number of hydrogen-bond acceptors (Lipinski definition) is 8. The van der Waals surface area contributed by atoms with E-state index in [9.17, 15) is 14.7 Å². The van der Waals surface area contributed by atoms with Gasteiger partial charge in [0.05, 0.1) is 6.10 Å². The number of ether oxygens (including phenoxy) is 3. The summed E-state index contributed by atoms with van der Waals surface area (Å²) in [5.74, 6) is 0.506. The second kappa shape index (κ2) is 15.5. The number of aliphatic hydroxyl groups is 1. The Balaban J connectivity index is 0.00000533. The van der Waals surface area contributed by atoms with Crippen LogP contribution >= 0.6 is 0 Å². The van der Waals surface area contributed by atoms with Crippen molar-refractivity contribution in [3.05, 3.63) is 53.2 Å². The van der Waals surface area contributed by atoms with E-state index in [1.165, 1.54) is 29.7 Å². The molecule has 9 heteroatoms. The minimum absolute atomic E-state index is 0. The second-order valence-electron chi connectivity index (χ2n) is 10.1. The lowest BCUT2D eigenvalue weighted by molar-refractivity contribution is -0.154. The maximum atomic E-state index is 12.1. The van der Waals surface area contributed by atoms with Gasteiger partial charge in [0.25, 0.3) is 0 Å². The molecule has 3 rings (SSSR count). The van der Waals surface area contributed by atoms with Crippen molar-refractivity contribution in [3.63, 3.8) is 0 Å². The number of nitrogens with zero attached hydrogens (tertiary/aromatic N) is 2. The van der Waals surface area contributed by atoms with E-state index in [0.717, 1.165) is 17.7 Å². The largest absolute Gasteiger partial charge is 0.462 e. The molecule has 1 aromatic carbocycles. The third kappa shape index (κ3) is 8.74. The first-order valence-electron chi connectivity index (χ1n) is 13.4. The average Bonchev–Trinajstić information content (AvgIpc) is 3.30. The molecule has 4 atom stereocenters. The number of hydrogen-bond donors (Lipinski definition) is 2. The van der Waals surface area contributed by atoms with Crippen molar-refractivity contribution < 1.29 is 28.9 Å². The lowest BCUT2D eigenvalue weighted by atomic mass is 10.0. The number of aliphatic hydroxyl groups excluding tert-OH is 1. The summed E-state index contributed by atoms with van der Waals surface area (Å²) in [6, 6.07) is 7.62. The number of nitrogens with two attached hydrogens (primary N) is 1. The molecule has 39 heavy (non-hydrogen) atoms. The summed E-state index contributed by atoms with van der Waals surface area (Å²) in [6.45, 7) is 5.70. The van der Waals surface area contributed by atoms with Gasteiger partial charge in [-0.05, 0) is 30.4 Å². The zero-order chi connectivity index (χ0) is 27.7. The topological polar surface area (TPSA) is 124 Å². The fraction of sp³-hybridized carbons (Fsp3) is 0.567. The number of benzene rings is 1. The highest BCUT2D eigenvalue weighted by molar-refractivity contribution is 5.99. The van der Waals surface area contributed by atoms with Crippen LogP contribution in [0.15, 0.2) is 47.1 Å². The quantitative estimate of drug-likeness (QED) is 0.230. The van der Waals surface area contributed by atoms with Crippen molar-refractivity contribution in [1.29, 1.82) is 0 Å². The molecule has 0 spiro atoms. The minimum atomic E-state index is -0.901. The molecule has 1 saturated heterocycles. The second-order valence-corrected chi connectivity index (χ2v) is 10.1. The fourth-order valence-electron chi connectivity index (χ4n) is 4.33. The molecule has 216 valence electrons. The average molecular weight is 544 g/mol. The SMILES string of the molecule is C.CCCCCc1ccc(C2=CC/C(=C/N(C=O)C3CC(O)C(COC(=O)C(N)C(C)C)O3)C(=NC)O2)cc1. The highest BCUT2D eigenvalue weighted by atomic mass is 16.6. The Morgan fingerprint density at radius 1 is 1.28 bits per heavy atom. The number of aryl methyl sites for hydroxylation is 1. The summed E-state index contributed by atoms with van der Waals surface area (Å²) >= 11 is 0. The monoisotopic (exact) mass is 543 g/mol. The molecule has 9 nitrogen and oxygen atoms in total. The van der Waals surface area contributed by atoms with Crippen LogP contribution in [-0.2, 0) is 30.2 Å². The van der Waals surface area contributed by atoms with Crippen molar-refractivity contribution in [3.8, 4) is 0 Å². The van der Waals surface area contributed by atoms with Crippen LogP contribution in [0, 0.1) is 5.92 Å². The van der Waals surface area contributed by atoms with Crippen LogP contribution in [0.3, 0.4) is 0 Å². The minimum Gasteiger partial charge on any atom is -0.462 e. The van der Waals surface area contributed by atoms with Crippen LogP contribution in [0.1, 0.15) is 71.4 Å². The van der Waals surface area contributed by atoms with Gasteiger partial charge in [-0.3, -0.25) is 19.5 Å². The molecular formula is C30H45N3O6. The number of carbonyl (C=O) groups excluding carboxylic acids is 2. The van der Waals surface area contributed by atoms with Gasteiger partial charge in [-0.1, -0.05) is 65.3 Å². The summed E-state index contributed by atoms with van der Waals surface area (Å²) in [4.78, 5) is 29.6. The zero-order valence-corrected chi connectivity index (χ0v) is 22.8. The summed E-state index contributed by atoms with van der Waals surface area (Å²) < 4.78 is 17.2. The Labute approximate surface area is 232 Å². The number of carbonyl (C=O) groups is 2. The number of rotatable bonds is 12. The van der Waals surface area contributed by atoms with Crippen LogP contribution in [0.5, 0.6) is 0 Å². The molecule has 4 unspecified atom stereocenters. The smallest absolute Gasteiger partial charge is 0.323 e. The van der Waals surface area contributed by atoms with Gasteiger partial charge in [0.1, 0.15) is 30.7 Å². The summed E-state index contributed by atoms with van der Waals surface area (Å²) in [5.41, 5.74) is 8.79. The normalized spacial score (nSPS) is 23.7. The van der Waals surface area contributed by atoms with Gasteiger partial charge in [-0.2, -0.15) is 0 Å². The van der Waals surface area contributed by atoms with Crippen LogP contribution < -0.4 is 5.73 Å². The third-order valence-electron chi connectivity index (χ3n) is 6.84. The number of unbranched alkanes of at least 4 members (excludes halogenated alkanes) is 2. The van der Waals surface area contributed by atoms with Gasteiger partial charge in [-0.15, -0.1) is 0 Å². The van der Waals surface area contributed by atoms with Crippen LogP contribution in [0.25, 0.3) is 5.76 Å². The Morgan fingerprint density at radius 3 is 2.62 bits per heavy atom. The summed E-state index contributed by atoms with van der Waals surface area (Å²) in [6.07, 6.45) is 7.19. The highest BCUT2D eigenvalue weighted by Gasteiger charge is 2.38. The fourth-order valence-corrected chi connectivity index (χ4v) is 4.33. The molecule has 2 aliphatic rings. The molecule has 0 aromatic heterocycles. The molecule has 0 aliphatic carbocycles. The Morgan fingerprint density at radius 2 is 2.00 bits per heavy atom. The molecule has 0 saturated carbocycles. The van der Waals surface area contributed by atoms with Gasteiger partial charge in [0.2, 0.25) is 12.3 Å². The number of aliphatic imine (C=N–C) groups is 1. The third-order valence-corrected chi connectivity index (χ3v) is 6.84. The van der Waals surface area contributed by atoms with E-state index in [-0.39, 0.29) is 26.4 Å². The molecule has 1 fully saturated rings. The van der Waals surface area contributed by atoms with Crippen molar-refractivity contribution >= 4 is 24.0 Å². The molecule has 0 radical (unpaired) electrons. The predicted molar refractivity (Wildman–Crippen MR) is 152 cm³/mol. The van der Waals surface area contributed by atoms with Gasteiger partial charge in [0, 0.05) is 37.2 Å². The highest BCUT2D eigenvalue weighted by Crippen LogP contribution is 2.29. The van der Waals surface area contributed by atoms with Crippen molar-refractivity contribution in [2.45, 2.75) is 91.2 Å². The van der Waals surface area contributed by atoms with E-state index in [2.05, 4.69) is 36.2 Å².